The minimum Gasteiger partial charge on any atom is -0.399 e. The number of aromatic amines is 1. The van der Waals surface area contributed by atoms with E-state index in [0.29, 0.717) is 6.20 Å². The molecule has 0 bridgehead atoms. The van der Waals surface area contributed by atoms with E-state index in [1.807, 2.05) is 0 Å². The highest BCUT2D eigenvalue weighted by Crippen LogP contribution is 2.34. The van der Waals surface area contributed by atoms with E-state index in [1.54, 1.807) is 4.98 Å². The third-order valence-electron chi connectivity index (χ3n) is 1.73. The van der Waals surface area contributed by atoms with Crippen molar-refractivity contribution >= 4 is 0 Å². The van der Waals surface area contributed by atoms with Gasteiger partial charge in [-0.2, -0.15) is 13.2 Å². The summed E-state index contributed by atoms with van der Waals surface area (Å²) in [5, 5.41) is 0. The van der Waals surface area contributed by atoms with Crippen LogP contribution < -0.4 is 10.2 Å². The van der Waals surface area contributed by atoms with Gasteiger partial charge in [-0.25, -0.2) is 0 Å². The summed E-state index contributed by atoms with van der Waals surface area (Å²) in [6.45, 7) is 1.06. The van der Waals surface area contributed by atoms with E-state index in [4.69, 9.17) is 0 Å². The van der Waals surface area contributed by atoms with E-state index < -0.39 is 29.4 Å². The predicted molar refractivity (Wildman–Crippen MR) is 43.5 cm³/mol. The molecule has 0 unspecified atom stereocenters. The minimum atomic E-state index is -5.37. The first-order chi connectivity index (χ1) is 7.52. The summed E-state index contributed by atoms with van der Waals surface area (Å²) in [6, 6.07) is 0. The van der Waals surface area contributed by atoms with Gasteiger partial charge in [-0.15, -0.1) is 13.2 Å². The van der Waals surface area contributed by atoms with Crippen LogP contribution in [0.2, 0.25) is 0 Å². The molecule has 0 aromatic carbocycles. The lowest BCUT2D eigenvalue weighted by atomic mass is 10.2. The molecule has 0 amide bonds. The molecular weight excluding hydrogens is 256 g/mol. The van der Waals surface area contributed by atoms with Crippen LogP contribution in [0.15, 0.2) is 11.0 Å². The molecule has 1 N–H and O–H groups in total. The molecule has 0 fully saturated rings. The van der Waals surface area contributed by atoms with E-state index in [1.165, 1.54) is 0 Å². The van der Waals surface area contributed by atoms with Gasteiger partial charge < -0.3 is 9.72 Å². The number of aryl methyl sites for hydroxylation is 1. The average Bonchev–Trinajstić information content (AvgIpc) is 2.08. The monoisotopic (exact) mass is 261 g/mol. The Balaban J connectivity index is 3.43. The van der Waals surface area contributed by atoms with Gasteiger partial charge in [-0.05, 0) is 6.92 Å². The van der Waals surface area contributed by atoms with Gasteiger partial charge in [0, 0.05) is 11.8 Å². The van der Waals surface area contributed by atoms with Crippen molar-refractivity contribution in [2.24, 2.45) is 0 Å². The van der Waals surface area contributed by atoms with Gasteiger partial charge in [0.2, 0.25) is 11.2 Å². The number of halogens is 6. The number of hydrogen-bond donors (Lipinski definition) is 1. The van der Waals surface area contributed by atoms with Crippen molar-refractivity contribution in [1.29, 1.82) is 0 Å². The lowest BCUT2D eigenvalue weighted by Gasteiger charge is -2.14. The molecule has 1 rings (SSSR count). The van der Waals surface area contributed by atoms with Gasteiger partial charge >= 0.3 is 12.5 Å². The quantitative estimate of drug-likeness (QED) is 0.789. The Morgan fingerprint density at radius 2 is 1.71 bits per heavy atom. The summed E-state index contributed by atoms with van der Waals surface area (Å²) in [7, 11) is 0. The van der Waals surface area contributed by atoms with Gasteiger partial charge in [-0.1, -0.05) is 0 Å². The standard InChI is InChI=1S/C8H5F6NO2/c1-3-2-15-6(7(9,10)11)5(4(3)16)17-8(12,13)14/h2H,1H3,(H,15,16). The highest BCUT2D eigenvalue weighted by Gasteiger charge is 2.41. The number of alkyl halides is 6. The van der Waals surface area contributed by atoms with Crippen LogP contribution in [0.4, 0.5) is 26.3 Å². The maximum atomic E-state index is 12.3. The van der Waals surface area contributed by atoms with Crippen LogP contribution in [0.3, 0.4) is 0 Å². The Hall–Kier alpha value is -1.67. The van der Waals surface area contributed by atoms with Crippen molar-refractivity contribution in [3.05, 3.63) is 27.7 Å². The fraction of sp³-hybridized carbons (Fsp3) is 0.375. The van der Waals surface area contributed by atoms with Crippen LogP contribution in [-0.4, -0.2) is 11.3 Å². The Morgan fingerprint density at radius 3 is 2.12 bits per heavy atom. The van der Waals surface area contributed by atoms with Crippen molar-refractivity contribution in [2.45, 2.75) is 19.5 Å². The van der Waals surface area contributed by atoms with Gasteiger partial charge in [0.25, 0.3) is 0 Å². The molecule has 1 aromatic rings. The van der Waals surface area contributed by atoms with Crippen molar-refractivity contribution in [3.8, 4) is 5.75 Å². The zero-order chi connectivity index (χ0) is 13.4. The Morgan fingerprint density at radius 1 is 1.18 bits per heavy atom. The van der Waals surface area contributed by atoms with Crippen LogP contribution >= 0.6 is 0 Å². The van der Waals surface area contributed by atoms with E-state index in [9.17, 15) is 31.1 Å². The molecule has 9 heteroatoms. The molecule has 96 valence electrons. The van der Waals surface area contributed by atoms with Crippen molar-refractivity contribution in [2.75, 3.05) is 0 Å². The molecule has 1 heterocycles. The minimum absolute atomic E-state index is 0.322. The molecule has 0 saturated heterocycles. The second kappa shape index (κ2) is 3.97. The van der Waals surface area contributed by atoms with Crippen LogP contribution in [0.25, 0.3) is 0 Å². The summed E-state index contributed by atoms with van der Waals surface area (Å²) >= 11 is 0. The number of ether oxygens (including phenoxy) is 1. The molecule has 1 aromatic heterocycles. The lowest BCUT2D eigenvalue weighted by Crippen LogP contribution is -2.26. The SMILES string of the molecule is Cc1c[nH]c(C(F)(F)F)c(OC(F)(F)F)c1=O. The molecular formula is C8H5F6NO2. The maximum absolute atomic E-state index is 12.3. The van der Waals surface area contributed by atoms with E-state index in [2.05, 4.69) is 4.74 Å². The molecule has 0 atom stereocenters. The first kappa shape index (κ1) is 13.4. The molecule has 3 nitrogen and oxygen atoms in total. The molecule has 0 saturated carbocycles. The number of hydrogen-bond acceptors (Lipinski definition) is 2. The number of nitrogens with one attached hydrogen (secondary N) is 1. The number of rotatable bonds is 1. The number of pyridine rings is 1. The second-order valence-electron chi connectivity index (χ2n) is 3.05. The fourth-order valence-electron chi connectivity index (χ4n) is 1.03. The molecule has 17 heavy (non-hydrogen) atoms. The van der Waals surface area contributed by atoms with Gasteiger partial charge in [-0.3, -0.25) is 4.79 Å². The first-order valence-corrected chi connectivity index (χ1v) is 4.07. The van der Waals surface area contributed by atoms with Crippen molar-refractivity contribution in [3.63, 3.8) is 0 Å². The molecule has 0 radical (unpaired) electrons. The van der Waals surface area contributed by atoms with Crippen LogP contribution in [-0.2, 0) is 6.18 Å². The summed E-state index contributed by atoms with van der Waals surface area (Å²) in [5.74, 6) is -1.80. The zero-order valence-corrected chi connectivity index (χ0v) is 8.16. The van der Waals surface area contributed by atoms with Gasteiger partial charge in [0.15, 0.2) is 5.69 Å². The second-order valence-corrected chi connectivity index (χ2v) is 3.05. The Kier molecular flexibility index (Phi) is 3.13. The Labute approximate surface area is 90.0 Å². The highest BCUT2D eigenvalue weighted by molar-refractivity contribution is 5.33. The van der Waals surface area contributed by atoms with E-state index in [0.717, 1.165) is 6.92 Å². The fourth-order valence-corrected chi connectivity index (χ4v) is 1.03. The topological polar surface area (TPSA) is 42.1 Å². The average molecular weight is 261 g/mol. The highest BCUT2D eigenvalue weighted by atomic mass is 19.4. The summed E-state index contributed by atoms with van der Waals surface area (Å²) in [4.78, 5) is 12.7. The largest absolute Gasteiger partial charge is 0.573 e. The van der Waals surface area contributed by atoms with Crippen LogP contribution in [0.1, 0.15) is 11.3 Å². The van der Waals surface area contributed by atoms with E-state index in [-0.39, 0.29) is 5.56 Å². The lowest BCUT2D eigenvalue weighted by molar-refractivity contribution is -0.277. The van der Waals surface area contributed by atoms with Gasteiger partial charge in [0.1, 0.15) is 0 Å². The molecule has 0 aliphatic carbocycles. The van der Waals surface area contributed by atoms with Crippen LogP contribution in [0, 0.1) is 6.92 Å². The summed E-state index contributed by atoms with van der Waals surface area (Å²) < 4.78 is 75.7. The van der Waals surface area contributed by atoms with Crippen molar-refractivity contribution < 1.29 is 31.1 Å². The van der Waals surface area contributed by atoms with Crippen LogP contribution in [0.5, 0.6) is 5.75 Å². The normalized spacial score (nSPS) is 12.6. The predicted octanol–water partition coefficient (Wildman–Crippen LogP) is 2.60. The number of H-pyrrole nitrogens is 1. The third-order valence-corrected chi connectivity index (χ3v) is 1.73. The van der Waals surface area contributed by atoms with Gasteiger partial charge in [0.05, 0.1) is 0 Å². The van der Waals surface area contributed by atoms with E-state index >= 15 is 0 Å². The molecule has 0 spiro atoms. The molecule has 0 aliphatic rings. The summed E-state index contributed by atoms with van der Waals surface area (Å²) in [6.07, 6.45) is -9.86. The first-order valence-electron chi connectivity index (χ1n) is 4.07. The number of aromatic nitrogens is 1. The Bertz CT molecular complexity index is 472. The van der Waals surface area contributed by atoms with Crippen molar-refractivity contribution in [1.82, 2.24) is 4.98 Å². The zero-order valence-electron chi connectivity index (χ0n) is 8.16. The third kappa shape index (κ3) is 3.14. The maximum Gasteiger partial charge on any atom is 0.573 e. The smallest absolute Gasteiger partial charge is 0.399 e. The summed E-state index contributed by atoms with van der Waals surface area (Å²) in [5.41, 5.74) is -3.66. The molecule has 0 aliphatic heterocycles.